The van der Waals surface area contributed by atoms with E-state index in [9.17, 15) is 13.2 Å². The molecule has 0 bridgehead atoms. The Kier molecular flexibility index (Phi) is 6.31. The lowest BCUT2D eigenvalue weighted by Crippen LogP contribution is -2.40. The van der Waals surface area contributed by atoms with Gasteiger partial charge in [0, 0.05) is 26.3 Å². The number of hydrogen-bond acceptors (Lipinski definition) is 8. The second-order valence-electron chi connectivity index (χ2n) is 7.52. The maximum absolute atomic E-state index is 12.8. The second kappa shape index (κ2) is 9.00. The molecule has 3 heterocycles. The van der Waals surface area contributed by atoms with Crippen molar-refractivity contribution in [1.29, 1.82) is 0 Å². The van der Waals surface area contributed by atoms with E-state index in [1.54, 1.807) is 42.8 Å². The van der Waals surface area contributed by atoms with Gasteiger partial charge in [0.2, 0.25) is 5.82 Å². The summed E-state index contributed by atoms with van der Waals surface area (Å²) in [5, 5.41) is 4.31. The maximum Gasteiger partial charge on any atom is 0.309 e. The molecule has 1 aliphatic heterocycles. The van der Waals surface area contributed by atoms with Crippen LogP contribution in [-0.2, 0) is 33.2 Å². The van der Waals surface area contributed by atoms with Crippen LogP contribution in [0.3, 0.4) is 0 Å². The van der Waals surface area contributed by atoms with Gasteiger partial charge < -0.3 is 13.8 Å². The zero-order chi connectivity index (χ0) is 22.9. The van der Waals surface area contributed by atoms with Gasteiger partial charge in [0.15, 0.2) is 11.6 Å². The zero-order valence-electron chi connectivity index (χ0n) is 17.6. The lowest BCUT2D eigenvalue weighted by atomic mass is 9.98. The van der Waals surface area contributed by atoms with Gasteiger partial charge in [-0.3, -0.25) is 4.79 Å². The van der Waals surface area contributed by atoms with Crippen LogP contribution in [-0.4, -0.2) is 51.5 Å². The Bertz CT molecular complexity index is 1210. The van der Waals surface area contributed by atoms with E-state index in [-0.39, 0.29) is 36.4 Å². The first-order valence-corrected chi connectivity index (χ1v) is 11.8. The molecule has 170 valence electrons. The molecule has 1 aromatic carbocycles. The van der Waals surface area contributed by atoms with E-state index in [1.165, 1.54) is 10.5 Å². The molecule has 0 unspecified atom stereocenters. The summed E-state index contributed by atoms with van der Waals surface area (Å²) in [7, 11) is -1.95. The molecule has 10 nitrogen and oxygen atoms in total. The Morgan fingerprint density at radius 2 is 1.97 bits per heavy atom. The number of sulfonamides is 1. The van der Waals surface area contributed by atoms with Crippen LogP contribution in [0.2, 0.25) is 5.02 Å². The van der Waals surface area contributed by atoms with E-state index in [1.807, 2.05) is 0 Å². The molecular formula is C20H22ClN5O5S. The highest BCUT2D eigenvalue weighted by atomic mass is 35.5. The quantitative estimate of drug-likeness (QED) is 0.494. The minimum absolute atomic E-state index is 0.0185. The summed E-state index contributed by atoms with van der Waals surface area (Å²) < 4.78 is 39.1. The number of imidazole rings is 1. The SMILES string of the molecule is Cc1nc(S(=O)(=O)N2CCC(C(=O)OCc3noc(-c4ccccc4Cl)n3)CC2)cn1C. The van der Waals surface area contributed by atoms with Gasteiger partial charge in [-0.2, -0.15) is 9.29 Å². The van der Waals surface area contributed by atoms with Crippen molar-refractivity contribution in [3.05, 3.63) is 47.1 Å². The number of ether oxygens (including phenoxy) is 1. The number of halogens is 1. The molecule has 12 heteroatoms. The average molecular weight is 480 g/mol. The fraction of sp³-hybridized carbons (Fsp3) is 0.400. The van der Waals surface area contributed by atoms with Crippen LogP contribution < -0.4 is 0 Å². The number of nitrogens with zero attached hydrogens (tertiary/aromatic N) is 5. The highest BCUT2D eigenvalue weighted by molar-refractivity contribution is 7.89. The molecule has 0 radical (unpaired) electrons. The molecule has 1 saturated heterocycles. The number of aryl methyl sites for hydroxylation is 2. The third kappa shape index (κ3) is 4.54. The third-order valence-corrected chi connectivity index (χ3v) is 7.49. The topological polar surface area (TPSA) is 120 Å². The van der Waals surface area contributed by atoms with Crippen LogP contribution in [0.1, 0.15) is 24.5 Å². The monoisotopic (exact) mass is 479 g/mol. The highest BCUT2D eigenvalue weighted by Crippen LogP contribution is 2.27. The van der Waals surface area contributed by atoms with Gasteiger partial charge in [-0.1, -0.05) is 28.9 Å². The van der Waals surface area contributed by atoms with E-state index in [0.29, 0.717) is 29.3 Å². The smallest absolute Gasteiger partial charge is 0.309 e. The molecule has 1 aliphatic rings. The van der Waals surface area contributed by atoms with Gasteiger partial charge in [0.1, 0.15) is 5.82 Å². The molecular weight excluding hydrogens is 458 g/mol. The van der Waals surface area contributed by atoms with Gasteiger partial charge in [-0.25, -0.2) is 13.4 Å². The molecule has 0 saturated carbocycles. The van der Waals surface area contributed by atoms with E-state index >= 15 is 0 Å². The minimum atomic E-state index is -3.69. The Morgan fingerprint density at radius 1 is 1.25 bits per heavy atom. The number of carbonyl (C=O) groups is 1. The summed E-state index contributed by atoms with van der Waals surface area (Å²) in [6.07, 6.45) is 2.22. The van der Waals surface area contributed by atoms with Crippen LogP contribution in [0.25, 0.3) is 11.5 Å². The van der Waals surface area contributed by atoms with Crippen molar-refractivity contribution in [2.75, 3.05) is 13.1 Å². The molecule has 0 amide bonds. The minimum Gasteiger partial charge on any atom is -0.457 e. The van der Waals surface area contributed by atoms with Crippen molar-refractivity contribution < 1.29 is 22.5 Å². The predicted octanol–water partition coefficient (Wildman–Crippen LogP) is 2.58. The van der Waals surface area contributed by atoms with Crippen LogP contribution >= 0.6 is 11.6 Å². The van der Waals surface area contributed by atoms with E-state index in [4.69, 9.17) is 20.9 Å². The first-order chi connectivity index (χ1) is 15.3. The fourth-order valence-electron chi connectivity index (χ4n) is 3.42. The maximum atomic E-state index is 12.8. The Morgan fingerprint density at radius 3 is 2.62 bits per heavy atom. The zero-order valence-corrected chi connectivity index (χ0v) is 19.1. The second-order valence-corrected chi connectivity index (χ2v) is 9.81. The number of esters is 1. The van der Waals surface area contributed by atoms with E-state index < -0.39 is 21.9 Å². The number of carbonyl (C=O) groups excluding carboxylic acids is 1. The van der Waals surface area contributed by atoms with Crippen LogP contribution in [0.5, 0.6) is 0 Å². The molecule has 0 aliphatic carbocycles. The number of hydrogen-bond donors (Lipinski definition) is 0. The van der Waals surface area contributed by atoms with Crippen molar-refractivity contribution >= 4 is 27.6 Å². The molecule has 1 fully saturated rings. The summed E-state index contributed by atoms with van der Waals surface area (Å²) in [4.78, 5) is 20.8. The van der Waals surface area contributed by atoms with Crippen LogP contribution in [0, 0.1) is 12.8 Å². The molecule has 4 rings (SSSR count). The average Bonchev–Trinajstić information content (AvgIpc) is 3.39. The Labute approximate surface area is 190 Å². The molecule has 3 aromatic rings. The van der Waals surface area contributed by atoms with Crippen molar-refractivity contribution in [1.82, 2.24) is 24.0 Å². The fourth-order valence-corrected chi connectivity index (χ4v) is 5.14. The van der Waals surface area contributed by atoms with Gasteiger partial charge in [0.25, 0.3) is 15.9 Å². The summed E-state index contributed by atoms with van der Waals surface area (Å²) in [6.45, 7) is 2.04. The standard InChI is InChI=1S/C20H22ClN5O5S/c1-13-22-18(11-25(13)2)32(28,29)26-9-7-14(8-10-26)20(27)30-12-17-23-19(31-24-17)15-5-3-4-6-16(15)21/h3-6,11,14H,7-10,12H2,1-2H3. The summed E-state index contributed by atoms with van der Waals surface area (Å²) in [6, 6.07) is 7.05. The Balaban J connectivity index is 1.31. The predicted molar refractivity (Wildman–Crippen MR) is 114 cm³/mol. The van der Waals surface area contributed by atoms with Crippen LogP contribution in [0.4, 0.5) is 0 Å². The lowest BCUT2D eigenvalue weighted by Gasteiger charge is -2.29. The molecule has 0 N–H and O–H groups in total. The first-order valence-electron chi connectivity index (χ1n) is 10.00. The van der Waals surface area contributed by atoms with Crippen molar-refractivity contribution in [2.24, 2.45) is 13.0 Å². The van der Waals surface area contributed by atoms with Gasteiger partial charge in [-0.05, 0) is 31.9 Å². The molecule has 32 heavy (non-hydrogen) atoms. The highest BCUT2D eigenvalue weighted by Gasteiger charge is 2.34. The number of piperidine rings is 1. The lowest BCUT2D eigenvalue weighted by molar-refractivity contribution is -0.151. The van der Waals surface area contributed by atoms with Crippen molar-refractivity contribution in [3.63, 3.8) is 0 Å². The number of rotatable bonds is 6. The van der Waals surface area contributed by atoms with E-state index in [2.05, 4.69) is 15.1 Å². The van der Waals surface area contributed by atoms with E-state index in [0.717, 1.165) is 0 Å². The largest absolute Gasteiger partial charge is 0.457 e. The molecule has 0 spiro atoms. The summed E-state index contributed by atoms with van der Waals surface area (Å²) in [5.41, 5.74) is 0.593. The summed E-state index contributed by atoms with van der Waals surface area (Å²) >= 11 is 6.12. The van der Waals surface area contributed by atoms with Crippen molar-refractivity contribution in [2.45, 2.75) is 31.4 Å². The third-order valence-electron chi connectivity index (χ3n) is 5.39. The normalized spacial score (nSPS) is 15.7. The van der Waals surface area contributed by atoms with Crippen molar-refractivity contribution in [3.8, 4) is 11.5 Å². The number of aromatic nitrogens is 4. The van der Waals surface area contributed by atoms with Gasteiger partial charge >= 0.3 is 5.97 Å². The van der Waals surface area contributed by atoms with Crippen LogP contribution in [0.15, 0.2) is 40.0 Å². The Hall–Kier alpha value is -2.76. The molecule has 2 aromatic heterocycles. The molecule has 0 atom stereocenters. The first kappa shape index (κ1) is 22.4. The number of benzene rings is 1. The van der Waals surface area contributed by atoms with Gasteiger partial charge in [0.05, 0.1) is 16.5 Å². The van der Waals surface area contributed by atoms with Gasteiger partial charge in [-0.15, -0.1) is 0 Å². The summed E-state index contributed by atoms with van der Waals surface area (Å²) in [5.74, 6) is 0.256.